The van der Waals surface area contributed by atoms with Crippen LogP contribution in [-0.2, 0) is 10.8 Å². The highest BCUT2D eigenvalue weighted by molar-refractivity contribution is 6.13. The quantitative estimate of drug-likeness (QED) is 0.134. The van der Waals surface area contributed by atoms with Gasteiger partial charge in [-0.15, -0.1) is 0 Å². The summed E-state index contributed by atoms with van der Waals surface area (Å²) in [6.07, 6.45) is 2.90. The van der Waals surface area contributed by atoms with Gasteiger partial charge in [-0.2, -0.15) is 0 Å². The first-order valence-corrected chi connectivity index (χ1v) is 19.3. The minimum atomic E-state index is -0.537. The van der Waals surface area contributed by atoms with Gasteiger partial charge in [-0.25, -0.2) is 0 Å². The SMILES string of the molecule is O=C(C=CC(=O)c1ccc2c(c1)C1(c3ccccc3-c3ccccc31)c1ccccc1-2)c1ccc2c(c1)C1(c3ccccc3-c3ccccc31)c1ccccc1-2. The standard InChI is InChI=1S/C54H32O2/c55-51(33-25-27-41-39-17-5-11-23-47(39)53(49(41)31-33)43-19-7-1-13-35(43)36-14-2-8-20-44(36)53)29-30-52(56)34-26-28-42-40-18-6-12-24-48(40)54(50(42)32-34)45-21-9-3-15-37(45)38-16-4-10-22-46(38)54/h1-32H. The van der Waals surface area contributed by atoms with Gasteiger partial charge in [0.1, 0.15) is 0 Å². The van der Waals surface area contributed by atoms with Crippen LogP contribution >= 0.6 is 0 Å². The van der Waals surface area contributed by atoms with E-state index in [-0.39, 0.29) is 11.6 Å². The van der Waals surface area contributed by atoms with Crippen molar-refractivity contribution in [2.75, 3.05) is 0 Å². The Morgan fingerprint density at radius 2 is 0.518 bits per heavy atom. The minimum absolute atomic E-state index is 0.199. The van der Waals surface area contributed by atoms with Gasteiger partial charge in [0, 0.05) is 11.1 Å². The molecule has 0 saturated heterocycles. The molecule has 0 bridgehead atoms. The Morgan fingerprint density at radius 1 is 0.286 bits per heavy atom. The van der Waals surface area contributed by atoms with Crippen molar-refractivity contribution in [1.82, 2.24) is 0 Å². The molecule has 4 aliphatic rings. The third kappa shape index (κ3) is 3.76. The molecule has 4 aliphatic carbocycles. The molecule has 0 fully saturated rings. The first-order valence-electron chi connectivity index (χ1n) is 19.3. The van der Waals surface area contributed by atoms with E-state index in [1.165, 1.54) is 78.9 Å². The van der Waals surface area contributed by atoms with Crippen LogP contribution in [0.4, 0.5) is 0 Å². The van der Waals surface area contributed by atoms with Crippen molar-refractivity contribution in [3.8, 4) is 44.5 Å². The van der Waals surface area contributed by atoms with Crippen molar-refractivity contribution in [3.05, 3.63) is 250 Å². The molecule has 8 aromatic rings. The molecule has 0 N–H and O–H groups in total. The lowest BCUT2D eigenvalue weighted by molar-refractivity contribution is 0.102. The Hall–Kier alpha value is -7.16. The first-order chi connectivity index (χ1) is 27.6. The summed E-state index contributed by atoms with van der Waals surface area (Å²) in [6, 6.07) is 64.0. The zero-order chi connectivity index (χ0) is 37.2. The van der Waals surface area contributed by atoms with Crippen molar-refractivity contribution in [3.63, 3.8) is 0 Å². The van der Waals surface area contributed by atoms with Crippen LogP contribution in [0.5, 0.6) is 0 Å². The number of fused-ring (bicyclic) bond motifs is 20. The van der Waals surface area contributed by atoms with E-state index >= 15 is 0 Å². The van der Waals surface area contributed by atoms with Crippen molar-refractivity contribution >= 4 is 11.6 Å². The number of rotatable bonds is 4. The molecule has 0 heterocycles. The van der Waals surface area contributed by atoms with Gasteiger partial charge in [-0.3, -0.25) is 9.59 Å². The van der Waals surface area contributed by atoms with Gasteiger partial charge < -0.3 is 0 Å². The molecule has 0 atom stereocenters. The Balaban J connectivity index is 0.948. The smallest absolute Gasteiger partial charge is 0.185 e. The lowest BCUT2D eigenvalue weighted by Gasteiger charge is -2.30. The van der Waals surface area contributed by atoms with Crippen molar-refractivity contribution in [1.29, 1.82) is 0 Å². The second-order valence-electron chi connectivity index (χ2n) is 15.4. The van der Waals surface area contributed by atoms with Gasteiger partial charge in [0.05, 0.1) is 10.8 Å². The monoisotopic (exact) mass is 712 g/mol. The summed E-state index contributed by atoms with van der Waals surface area (Å²) in [7, 11) is 0. The summed E-state index contributed by atoms with van der Waals surface area (Å²) < 4.78 is 0. The van der Waals surface area contributed by atoms with Gasteiger partial charge in [-0.05, 0) is 113 Å². The van der Waals surface area contributed by atoms with E-state index in [0.29, 0.717) is 11.1 Å². The molecule has 2 spiro atoms. The molecular weight excluding hydrogens is 681 g/mol. The summed E-state index contributed by atoms with van der Waals surface area (Å²) in [5.74, 6) is -0.397. The molecule has 2 nitrogen and oxygen atoms in total. The Labute approximate surface area is 325 Å². The number of hydrogen-bond acceptors (Lipinski definition) is 2. The van der Waals surface area contributed by atoms with E-state index < -0.39 is 10.8 Å². The van der Waals surface area contributed by atoms with Crippen LogP contribution in [0.2, 0.25) is 0 Å². The molecule has 0 radical (unpaired) electrons. The van der Waals surface area contributed by atoms with Crippen LogP contribution < -0.4 is 0 Å². The highest BCUT2D eigenvalue weighted by Gasteiger charge is 2.53. The van der Waals surface area contributed by atoms with E-state index in [2.05, 4.69) is 170 Å². The molecule has 260 valence electrons. The van der Waals surface area contributed by atoms with Crippen LogP contribution in [0.3, 0.4) is 0 Å². The van der Waals surface area contributed by atoms with E-state index in [0.717, 1.165) is 22.3 Å². The van der Waals surface area contributed by atoms with Gasteiger partial charge in [0.15, 0.2) is 11.6 Å². The van der Waals surface area contributed by atoms with E-state index in [1.54, 1.807) is 0 Å². The number of carbonyl (C=O) groups excluding carboxylic acids is 2. The zero-order valence-electron chi connectivity index (χ0n) is 30.3. The third-order valence-corrected chi connectivity index (χ3v) is 12.9. The van der Waals surface area contributed by atoms with Gasteiger partial charge in [0.25, 0.3) is 0 Å². The lowest BCUT2D eigenvalue weighted by atomic mass is 9.70. The Morgan fingerprint density at radius 3 is 0.786 bits per heavy atom. The molecule has 0 saturated carbocycles. The van der Waals surface area contributed by atoms with E-state index in [1.807, 2.05) is 12.1 Å². The average Bonchev–Trinajstić information content (AvgIpc) is 3.94. The van der Waals surface area contributed by atoms with Gasteiger partial charge >= 0.3 is 0 Å². The van der Waals surface area contributed by atoms with E-state index in [4.69, 9.17) is 0 Å². The van der Waals surface area contributed by atoms with Crippen molar-refractivity contribution in [2.24, 2.45) is 0 Å². The predicted octanol–water partition coefficient (Wildman–Crippen LogP) is 12.0. The summed E-state index contributed by atoms with van der Waals surface area (Å²) in [5, 5.41) is 0. The van der Waals surface area contributed by atoms with Crippen LogP contribution in [-0.4, -0.2) is 11.6 Å². The highest BCUT2D eigenvalue weighted by Crippen LogP contribution is 2.64. The number of benzene rings is 8. The minimum Gasteiger partial charge on any atom is -0.289 e. The van der Waals surface area contributed by atoms with Crippen molar-refractivity contribution in [2.45, 2.75) is 10.8 Å². The zero-order valence-corrected chi connectivity index (χ0v) is 30.3. The molecule has 0 amide bonds. The molecule has 0 aliphatic heterocycles. The van der Waals surface area contributed by atoms with Crippen LogP contribution in [0.15, 0.2) is 194 Å². The second kappa shape index (κ2) is 11.2. The molecule has 0 aromatic heterocycles. The largest absolute Gasteiger partial charge is 0.289 e. The maximum Gasteiger partial charge on any atom is 0.185 e. The lowest BCUT2D eigenvalue weighted by Crippen LogP contribution is -2.26. The Kier molecular flexibility index (Phi) is 6.24. The summed E-state index contributed by atoms with van der Waals surface area (Å²) >= 11 is 0. The predicted molar refractivity (Wildman–Crippen MR) is 223 cm³/mol. The molecule has 8 aromatic carbocycles. The summed E-state index contributed by atoms with van der Waals surface area (Å²) in [6.45, 7) is 0. The maximum atomic E-state index is 14.1. The normalized spacial score (nSPS) is 14.8. The number of allylic oxidation sites excluding steroid dienone is 2. The second-order valence-corrected chi connectivity index (χ2v) is 15.4. The van der Waals surface area contributed by atoms with Crippen LogP contribution in [0.1, 0.15) is 65.2 Å². The third-order valence-electron chi connectivity index (χ3n) is 12.9. The topological polar surface area (TPSA) is 34.1 Å². The average molecular weight is 713 g/mol. The number of hydrogen-bond donors (Lipinski definition) is 0. The summed E-state index contributed by atoms with van der Waals surface area (Å²) in [4.78, 5) is 28.2. The number of carbonyl (C=O) groups is 2. The molecular formula is C54H32O2. The molecule has 2 heteroatoms. The molecule has 12 rings (SSSR count). The maximum absolute atomic E-state index is 14.1. The van der Waals surface area contributed by atoms with Gasteiger partial charge in [-0.1, -0.05) is 170 Å². The number of ketones is 2. The van der Waals surface area contributed by atoms with Crippen LogP contribution in [0, 0.1) is 0 Å². The summed E-state index contributed by atoms with van der Waals surface area (Å²) in [5.41, 5.74) is 19.1. The molecule has 0 unspecified atom stereocenters. The first kappa shape index (κ1) is 31.2. The molecule has 56 heavy (non-hydrogen) atoms. The van der Waals surface area contributed by atoms with Crippen LogP contribution in [0.25, 0.3) is 44.5 Å². The van der Waals surface area contributed by atoms with E-state index in [9.17, 15) is 9.59 Å². The fourth-order valence-electron chi connectivity index (χ4n) is 10.8. The Bertz CT molecular complexity index is 2750. The highest BCUT2D eigenvalue weighted by atomic mass is 16.1. The van der Waals surface area contributed by atoms with Gasteiger partial charge in [0.2, 0.25) is 0 Å². The fraction of sp³-hybridized carbons (Fsp3) is 0.0370. The van der Waals surface area contributed by atoms with Crippen molar-refractivity contribution < 1.29 is 9.59 Å². The fourth-order valence-corrected chi connectivity index (χ4v) is 10.8.